The first-order valence-corrected chi connectivity index (χ1v) is 12.3. The molecule has 0 aliphatic rings. The number of anilines is 2. The van der Waals surface area contributed by atoms with Gasteiger partial charge in [0.1, 0.15) is 0 Å². The van der Waals surface area contributed by atoms with Gasteiger partial charge in [-0.3, -0.25) is 14.4 Å². The van der Waals surface area contributed by atoms with Crippen molar-refractivity contribution in [2.45, 2.75) is 30.4 Å². The Labute approximate surface area is 208 Å². The second kappa shape index (κ2) is 11.0. The van der Waals surface area contributed by atoms with E-state index >= 15 is 0 Å². The minimum atomic E-state index is -0.311. The van der Waals surface area contributed by atoms with Gasteiger partial charge in [0.15, 0.2) is 5.78 Å². The highest BCUT2D eigenvalue weighted by molar-refractivity contribution is 8.00. The molecule has 0 saturated heterocycles. The van der Waals surface area contributed by atoms with Gasteiger partial charge in [0.05, 0.1) is 5.25 Å². The molecule has 0 aliphatic carbocycles. The Bertz CT molecular complexity index is 1380. The number of carbonyl (C=O) groups is 3. The standard InChI is InChI=1S/C29H26N2O3S/c1-3-27(29(34)30-24-15-13-20(14-16-24)19(2)32)35-26-10-6-9-25(18-26)31-28(33)23-12-11-21-7-4-5-8-22(21)17-23/h4-18,27H,3H2,1-2H3,(H,30,34)(H,31,33). The van der Waals surface area contributed by atoms with Crippen molar-refractivity contribution in [2.24, 2.45) is 0 Å². The van der Waals surface area contributed by atoms with E-state index < -0.39 is 0 Å². The van der Waals surface area contributed by atoms with E-state index in [2.05, 4.69) is 10.6 Å². The van der Waals surface area contributed by atoms with Gasteiger partial charge in [0.25, 0.3) is 5.91 Å². The van der Waals surface area contributed by atoms with E-state index in [1.54, 1.807) is 24.3 Å². The third-order valence-electron chi connectivity index (χ3n) is 5.60. The van der Waals surface area contributed by atoms with Gasteiger partial charge in [-0.25, -0.2) is 0 Å². The molecule has 4 aromatic rings. The highest BCUT2D eigenvalue weighted by Crippen LogP contribution is 2.29. The lowest BCUT2D eigenvalue weighted by atomic mass is 10.1. The number of rotatable bonds is 8. The summed E-state index contributed by atoms with van der Waals surface area (Å²) >= 11 is 1.45. The first-order valence-electron chi connectivity index (χ1n) is 11.4. The maximum absolute atomic E-state index is 12.9. The number of Topliss-reactive ketones (excluding diaryl/α,β-unsaturated/α-hetero) is 1. The number of fused-ring (bicyclic) bond motifs is 1. The van der Waals surface area contributed by atoms with Crippen LogP contribution in [-0.4, -0.2) is 22.8 Å². The quantitative estimate of drug-likeness (QED) is 0.214. The molecule has 35 heavy (non-hydrogen) atoms. The molecule has 0 bridgehead atoms. The molecule has 176 valence electrons. The van der Waals surface area contributed by atoms with Gasteiger partial charge in [-0.1, -0.05) is 43.3 Å². The van der Waals surface area contributed by atoms with E-state index in [1.807, 2.05) is 73.7 Å². The molecule has 0 aliphatic heterocycles. The smallest absolute Gasteiger partial charge is 0.255 e. The molecular formula is C29H26N2O3S. The maximum atomic E-state index is 12.9. The number of benzene rings is 4. The molecule has 2 amide bonds. The Kier molecular flexibility index (Phi) is 7.63. The second-order valence-corrected chi connectivity index (χ2v) is 9.46. The zero-order valence-electron chi connectivity index (χ0n) is 19.6. The molecule has 0 heterocycles. The Hall–Kier alpha value is -3.90. The average molecular weight is 483 g/mol. The normalized spacial score (nSPS) is 11.6. The van der Waals surface area contributed by atoms with E-state index in [9.17, 15) is 14.4 Å². The Morgan fingerprint density at radius 1 is 0.743 bits per heavy atom. The van der Waals surface area contributed by atoms with Gasteiger partial charge >= 0.3 is 0 Å². The van der Waals surface area contributed by atoms with Gasteiger partial charge in [-0.2, -0.15) is 0 Å². The summed E-state index contributed by atoms with van der Waals surface area (Å²) in [6.45, 7) is 3.47. The molecule has 2 N–H and O–H groups in total. The summed E-state index contributed by atoms with van der Waals surface area (Å²) in [5, 5.41) is 7.66. The molecule has 0 radical (unpaired) electrons. The Balaban J connectivity index is 1.41. The zero-order chi connectivity index (χ0) is 24.8. The summed E-state index contributed by atoms with van der Waals surface area (Å²) in [5.74, 6) is -0.312. The van der Waals surface area contributed by atoms with Crippen molar-refractivity contribution in [2.75, 3.05) is 10.6 Å². The van der Waals surface area contributed by atoms with Gasteiger partial charge in [-0.05, 0) is 78.7 Å². The van der Waals surface area contributed by atoms with Crippen LogP contribution in [0, 0.1) is 0 Å². The minimum Gasteiger partial charge on any atom is -0.325 e. The number of carbonyl (C=O) groups excluding carboxylic acids is 3. The molecule has 0 spiro atoms. The summed E-state index contributed by atoms with van der Waals surface area (Å²) in [5.41, 5.74) is 2.51. The van der Waals surface area contributed by atoms with Crippen LogP contribution in [0.1, 0.15) is 41.0 Å². The molecule has 0 saturated carbocycles. The summed E-state index contributed by atoms with van der Waals surface area (Å²) in [6.07, 6.45) is 0.635. The average Bonchev–Trinajstić information content (AvgIpc) is 2.87. The highest BCUT2D eigenvalue weighted by atomic mass is 32.2. The third kappa shape index (κ3) is 6.16. The number of amides is 2. The molecule has 4 aromatic carbocycles. The van der Waals surface area contributed by atoms with Crippen LogP contribution in [0.4, 0.5) is 11.4 Å². The molecule has 0 aromatic heterocycles. The first kappa shape index (κ1) is 24.2. The second-order valence-electron chi connectivity index (χ2n) is 8.18. The van der Waals surface area contributed by atoms with E-state index in [0.717, 1.165) is 15.7 Å². The van der Waals surface area contributed by atoms with Crippen LogP contribution in [-0.2, 0) is 4.79 Å². The van der Waals surface area contributed by atoms with Crippen molar-refractivity contribution in [1.29, 1.82) is 0 Å². The monoisotopic (exact) mass is 482 g/mol. The molecule has 5 nitrogen and oxygen atoms in total. The van der Waals surface area contributed by atoms with E-state index in [0.29, 0.717) is 28.9 Å². The van der Waals surface area contributed by atoms with Crippen LogP contribution in [0.25, 0.3) is 10.8 Å². The third-order valence-corrected chi connectivity index (χ3v) is 6.96. The van der Waals surface area contributed by atoms with Gasteiger partial charge < -0.3 is 10.6 Å². The fourth-order valence-electron chi connectivity index (χ4n) is 3.68. The first-order chi connectivity index (χ1) is 16.9. The van der Waals surface area contributed by atoms with Crippen LogP contribution < -0.4 is 10.6 Å². The number of hydrogen-bond donors (Lipinski definition) is 2. The SMILES string of the molecule is CCC(Sc1cccc(NC(=O)c2ccc3ccccc3c2)c1)C(=O)Nc1ccc(C(C)=O)cc1. The van der Waals surface area contributed by atoms with Crippen LogP contribution in [0.3, 0.4) is 0 Å². The van der Waals surface area contributed by atoms with Crippen molar-refractivity contribution < 1.29 is 14.4 Å². The van der Waals surface area contributed by atoms with Gasteiger partial charge in [-0.15, -0.1) is 11.8 Å². The van der Waals surface area contributed by atoms with E-state index in [1.165, 1.54) is 18.7 Å². The summed E-state index contributed by atoms with van der Waals surface area (Å²) in [4.78, 5) is 38.0. The predicted molar refractivity (Wildman–Crippen MR) is 143 cm³/mol. The van der Waals surface area contributed by atoms with E-state index in [4.69, 9.17) is 0 Å². The maximum Gasteiger partial charge on any atom is 0.255 e. The molecule has 4 rings (SSSR count). The summed E-state index contributed by atoms with van der Waals surface area (Å²) in [6, 6.07) is 27.9. The van der Waals surface area contributed by atoms with Gasteiger partial charge in [0, 0.05) is 27.4 Å². The fourth-order valence-corrected chi connectivity index (χ4v) is 4.69. The van der Waals surface area contributed by atoms with Gasteiger partial charge in [0.2, 0.25) is 5.91 Å². The number of thioether (sulfide) groups is 1. The lowest BCUT2D eigenvalue weighted by molar-refractivity contribution is -0.115. The summed E-state index contributed by atoms with van der Waals surface area (Å²) < 4.78 is 0. The fraction of sp³-hybridized carbons (Fsp3) is 0.138. The number of hydrogen-bond acceptors (Lipinski definition) is 4. The topological polar surface area (TPSA) is 75.3 Å². The van der Waals surface area contributed by atoms with Crippen molar-refractivity contribution in [1.82, 2.24) is 0 Å². The highest BCUT2D eigenvalue weighted by Gasteiger charge is 2.19. The summed E-state index contributed by atoms with van der Waals surface area (Å²) in [7, 11) is 0. The molecule has 1 unspecified atom stereocenters. The molecular weight excluding hydrogens is 456 g/mol. The van der Waals surface area contributed by atoms with Crippen molar-refractivity contribution >= 4 is 51.5 Å². The Morgan fingerprint density at radius 2 is 1.46 bits per heavy atom. The molecule has 6 heteroatoms. The van der Waals surface area contributed by atoms with Crippen molar-refractivity contribution in [3.8, 4) is 0 Å². The predicted octanol–water partition coefficient (Wildman–Crippen LogP) is 6.80. The largest absolute Gasteiger partial charge is 0.325 e. The number of nitrogens with one attached hydrogen (secondary N) is 2. The molecule has 0 fully saturated rings. The lowest BCUT2D eigenvalue weighted by Gasteiger charge is -2.16. The Morgan fingerprint density at radius 3 is 2.17 bits per heavy atom. The van der Waals surface area contributed by atoms with E-state index in [-0.39, 0.29) is 22.8 Å². The minimum absolute atomic E-state index is 0.0162. The van der Waals surface area contributed by atoms with Crippen LogP contribution in [0.5, 0.6) is 0 Å². The van der Waals surface area contributed by atoms with Crippen LogP contribution in [0.2, 0.25) is 0 Å². The van der Waals surface area contributed by atoms with Crippen molar-refractivity contribution in [3.63, 3.8) is 0 Å². The lowest BCUT2D eigenvalue weighted by Crippen LogP contribution is -2.24. The van der Waals surface area contributed by atoms with Crippen molar-refractivity contribution in [3.05, 3.63) is 102 Å². The number of ketones is 1. The zero-order valence-corrected chi connectivity index (χ0v) is 20.4. The molecule has 1 atom stereocenters. The van der Waals surface area contributed by atoms with Crippen LogP contribution in [0.15, 0.2) is 95.9 Å². The van der Waals surface area contributed by atoms with Crippen LogP contribution >= 0.6 is 11.8 Å².